The highest BCUT2D eigenvalue weighted by molar-refractivity contribution is 5.90. The third-order valence-electron chi connectivity index (χ3n) is 5.55. The molecular formula is C17H23N3O. The van der Waals surface area contributed by atoms with Gasteiger partial charge in [0.1, 0.15) is 5.65 Å². The molecule has 0 amide bonds. The molecule has 1 saturated carbocycles. The molecule has 2 fully saturated rings. The van der Waals surface area contributed by atoms with E-state index >= 15 is 0 Å². The molecule has 0 radical (unpaired) electrons. The minimum absolute atomic E-state index is 0.117. The predicted molar refractivity (Wildman–Crippen MR) is 84.5 cm³/mol. The maximum Gasteiger partial charge on any atom is 0.141 e. The lowest BCUT2D eigenvalue weighted by Gasteiger charge is -2.43. The summed E-state index contributed by atoms with van der Waals surface area (Å²) in [6.07, 6.45) is 9.54. The van der Waals surface area contributed by atoms with Crippen LogP contribution in [-0.2, 0) is 7.05 Å². The summed E-state index contributed by atoms with van der Waals surface area (Å²) in [5.74, 6) is 0. The zero-order valence-corrected chi connectivity index (χ0v) is 12.6. The number of hydrogen-bond acceptors (Lipinski definition) is 3. The summed E-state index contributed by atoms with van der Waals surface area (Å²) in [5.41, 5.74) is 2.45. The summed E-state index contributed by atoms with van der Waals surface area (Å²) in [7, 11) is 2.04. The van der Waals surface area contributed by atoms with Gasteiger partial charge >= 0.3 is 0 Å². The summed E-state index contributed by atoms with van der Waals surface area (Å²) in [6, 6.07) is 4.28. The van der Waals surface area contributed by atoms with Gasteiger partial charge < -0.3 is 14.6 Å². The number of aromatic nitrogens is 2. The molecule has 0 bridgehead atoms. The standard InChI is InChI=1S/C17H23N3O/c1-19-11-6-13-14(5-9-18-16(13)19)20-10-3-8-17(12-20)7-2-4-15(17)21/h5-6,9,11,15,21H,2-4,7-8,10,12H2,1H3/t15-,17-/m1/s1. The molecule has 3 heterocycles. The zero-order valence-electron chi connectivity index (χ0n) is 12.6. The molecule has 1 aliphatic heterocycles. The first-order valence-corrected chi connectivity index (χ1v) is 8.03. The first kappa shape index (κ1) is 13.1. The lowest BCUT2D eigenvalue weighted by molar-refractivity contribution is 0.0410. The van der Waals surface area contributed by atoms with E-state index in [1.165, 1.54) is 36.8 Å². The highest BCUT2D eigenvalue weighted by Gasteiger charge is 2.44. The van der Waals surface area contributed by atoms with Gasteiger partial charge in [0.2, 0.25) is 0 Å². The average Bonchev–Trinajstić information content (AvgIpc) is 3.04. The number of hydrogen-bond donors (Lipinski definition) is 1. The summed E-state index contributed by atoms with van der Waals surface area (Å²) < 4.78 is 2.07. The molecule has 112 valence electrons. The van der Waals surface area contributed by atoms with Gasteiger partial charge in [0.05, 0.1) is 6.10 Å². The van der Waals surface area contributed by atoms with Crippen LogP contribution in [0.15, 0.2) is 24.5 Å². The Morgan fingerprint density at radius 1 is 1.29 bits per heavy atom. The van der Waals surface area contributed by atoms with E-state index in [4.69, 9.17) is 0 Å². The van der Waals surface area contributed by atoms with Crippen molar-refractivity contribution >= 4 is 16.7 Å². The van der Waals surface area contributed by atoms with Crippen molar-refractivity contribution in [2.45, 2.75) is 38.2 Å². The number of nitrogens with zero attached hydrogens (tertiary/aromatic N) is 3. The van der Waals surface area contributed by atoms with Crippen molar-refractivity contribution in [2.75, 3.05) is 18.0 Å². The molecule has 2 aromatic rings. The number of piperidine rings is 1. The third kappa shape index (κ3) is 1.96. The monoisotopic (exact) mass is 285 g/mol. The molecule has 4 rings (SSSR count). The quantitative estimate of drug-likeness (QED) is 0.876. The van der Waals surface area contributed by atoms with Gasteiger partial charge in [-0.25, -0.2) is 4.98 Å². The van der Waals surface area contributed by atoms with Crippen LogP contribution in [0.25, 0.3) is 11.0 Å². The molecule has 0 aromatic carbocycles. The number of fused-ring (bicyclic) bond motifs is 1. The molecule has 1 N–H and O–H groups in total. The minimum Gasteiger partial charge on any atom is -0.392 e. The lowest BCUT2D eigenvalue weighted by Crippen LogP contribution is -2.47. The maximum atomic E-state index is 10.4. The van der Waals surface area contributed by atoms with Crippen molar-refractivity contribution in [2.24, 2.45) is 12.5 Å². The van der Waals surface area contributed by atoms with E-state index in [1.807, 2.05) is 13.2 Å². The number of pyridine rings is 1. The van der Waals surface area contributed by atoms with Gasteiger partial charge in [-0.2, -0.15) is 0 Å². The molecule has 2 aromatic heterocycles. The Morgan fingerprint density at radius 2 is 2.14 bits per heavy atom. The van der Waals surface area contributed by atoms with Crippen LogP contribution >= 0.6 is 0 Å². The van der Waals surface area contributed by atoms with Crippen molar-refractivity contribution in [3.63, 3.8) is 0 Å². The van der Waals surface area contributed by atoms with Gasteiger partial charge in [0.25, 0.3) is 0 Å². The molecular weight excluding hydrogens is 262 g/mol. The van der Waals surface area contributed by atoms with E-state index in [0.717, 1.165) is 25.2 Å². The minimum atomic E-state index is -0.117. The van der Waals surface area contributed by atoms with E-state index < -0.39 is 0 Å². The van der Waals surface area contributed by atoms with Crippen molar-refractivity contribution in [3.05, 3.63) is 24.5 Å². The van der Waals surface area contributed by atoms with E-state index in [2.05, 4.69) is 32.8 Å². The van der Waals surface area contributed by atoms with Crippen LogP contribution in [0.3, 0.4) is 0 Å². The lowest BCUT2D eigenvalue weighted by atomic mass is 9.76. The molecule has 0 unspecified atom stereocenters. The Balaban J connectivity index is 1.72. The number of anilines is 1. The Morgan fingerprint density at radius 3 is 2.95 bits per heavy atom. The molecule has 1 spiro atoms. The first-order chi connectivity index (χ1) is 10.2. The van der Waals surface area contributed by atoms with Gasteiger partial charge in [-0.05, 0) is 37.8 Å². The Bertz CT molecular complexity index is 665. The number of aliphatic hydroxyl groups excluding tert-OH is 1. The van der Waals surface area contributed by atoms with E-state index in [9.17, 15) is 5.11 Å². The fraction of sp³-hybridized carbons (Fsp3) is 0.588. The summed E-state index contributed by atoms with van der Waals surface area (Å²) in [4.78, 5) is 6.96. The smallest absolute Gasteiger partial charge is 0.141 e. The second-order valence-electron chi connectivity index (χ2n) is 6.79. The van der Waals surface area contributed by atoms with E-state index in [0.29, 0.717) is 0 Å². The molecule has 2 atom stereocenters. The highest BCUT2D eigenvalue weighted by atomic mass is 16.3. The summed E-state index contributed by atoms with van der Waals surface area (Å²) in [5, 5.41) is 11.7. The van der Waals surface area contributed by atoms with Gasteiger partial charge in [-0.15, -0.1) is 0 Å². The van der Waals surface area contributed by atoms with Crippen LogP contribution < -0.4 is 4.90 Å². The van der Waals surface area contributed by atoms with Gasteiger partial charge in [-0.3, -0.25) is 0 Å². The average molecular weight is 285 g/mol. The van der Waals surface area contributed by atoms with Crippen LogP contribution in [0.4, 0.5) is 5.69 Å². The van der Waals surface area contributed by atoms with E-state index in [1.54, 1.807) is 0 Å². The van der Waals surface area contributed by atoms with Crippen molar-refractivity contribution in [3.8, 4) is 0 Å². The Kier molecular flexibility index (Phi) is 2.96. The van der Waals surface area contributed by atoms with Crippen molar-refractivity contribution < 1.29 is 5.11 Å². The number of rotatable bonds is 1. The van der Waals surface area contributed by atoms with Crippen LogP contribution in [0.1, 0.15) is 32.1 Å². The molecule has 4 nitrogen and oxygen atoms in total. The number of aliphatic hydroxyl groups is 1. The van der Waals surface area contributed by atoms with Crippen LogP contribution in [0.2, 0.25) is 0 Å². The van der Waals surface area contributed by atoms with Crippen LogP contribution in [0.5, 0.6) is 0 Å². The zero-order chi connectivity index (χ0) is 14.4. The third-order valence-corrected chi connectivity index (χ3v) is 5.55. The van der Waals surface area contributed by atoms with Gasteiger partial charge in [-0.1, -0.05) is 6.42 Å². The van der Waals surface area contributed by atoms with Crippen LogP contribution in [0, 0.1) is 5.41 Å². The molecule has 21 heavy (non-hydrogen) atoms. The first-order valence-electron chi connectivity index (χ1n) is 8.03. The Hall–Kier alpha value is -1.55. The number of aryl methyl sites for hydroxylation is 1. The van der Waals surface area contributed by atoms with Gasteiger partial charge in [0, 0.05) is 49.0 Å². The largest absolute Gasteiger partial charge is 0.392 e. The molecule has 1 saturated heterocycles. The fourth-order valence-electron chi connectivity index (χ4n) is 4.39. The molecule has 4 heteroatoms. The second-order valence-corrected chi connectivity index (χ2v) is 6.79. The summed E-state index contributed by atoms with van der Waals surface area (Å²) in [6.45, 7) is 2.07. The molecule has 2 aliphatic rings. The molecule has 1 aliphatic carbocycles. The van der Waals surface area contributed by atoms with E-state index in [-0.39, 0.29) is 11.5 Å². The topological polar surface area (TPSA) is 41.3 Å². The highest BCUT2D eigenvalue weighted by Crippen LogP contribution is 2.46. The maximum absolute atomic E-state index is 10.4. The second kappa shape index (κ2) is 4.73. The van der Waals surface area contributed by atoms with Crippen molar-refractivity contribution in [1.82, 2.24) is 9.55 Å². The van der Waals surface area contributed by atoms with Gasteiger partial charge in [0.15, 0.2) is 0 Å². The van der Waals surface area contributed by atoms with Crippen molar-refractivity contribution in [1.29, 1.82) is 0 Å². The predicted octanol–water partition coefficient (Wildman–Crippen LogP) is 2.70. The Labute approximate surface area is 125 Å². The fourth-order valence-corrected chi connectivity index (χ4v) is 4.39. The SMILES string of the molecule is Cn1ccc2c(N3CCC[C@]4(CCC[C@H]4O)C3)ccnc21. The summed E-state index contributed by atoms with van der Waals surface area (Å²) >= 11 is 0. The van der Waals surface area contributed by atoms with Crippen LogP contribution in [-0.4, -0.2) is 33.9 Å². The normalized spacial score (nSPS) is 29.6.